The van der Waals surface area contributed by atoms with E-state index in [2.05, 4.69) is 16.0 Å². The van der Waals surface area contributed by atoms with Crippen LogP contribution in [0.15, 0.2) is 65.5 Å². The van der Waals surface area contributed by atoms with Gasteiger partial charge < -0.3 is 26.0 Å². The number of aromatic nitrogens is 1. The van der Waals surface area contributed by atoms with Gasteiger partial charge in [0.1, 0.15) is 11.1 Å². The van der Waals surface area contributed by atoms with Crippen molar-refractivity contribution in [2.24, 2.45) is 0 Å². The van der Waals surface area contributed by atoms with Gasteiger partial charge in [-0.2, -0.15) is 0 Å². The molecule has 11 nitrogen and oxygen atoms in total. The molecule has 0 spiro atoms. The first-order valence-electron chi connectivity index (χ1n) is 13.1. The minimum atomic E-state index is -1.81. The van der Waals surface area contributed by atoms with E-state index in [1.165, 1.54) is 24.3 Å². The van der Waals surface area contributed by atoms with E-state index in [9.17, 15) is 34.5 Å². The second kappa shape index (κ2) is 15.1. The first kappa shape index (κ1) is 34.9. The number of aliphatic carboxylic acids is 1. The molecule has 240 valence electrons. The van der Waals surface area contributed by atoms with Crippen LogP contribution < -0.4 is 21.5 Å². The van der Waals surface area contributed by atoms with Crippen LogP contribution in [-0.4, -0.2) is 43.8 Å². The second-order valence-corrected chi connectivity index (χ2v) is 11.6. The third-order valence-electron chi connectivity index (χ3n) is 6.67. The van der Waals surface area contributed by atoms with Gasteiger partial charge in [0.05, 0.1) is 26.6 Å². The Labute approximate surface area is 286 Å². The summed E-state index contributed by atoms with van der Waals surface area (Å²) in [5.74, 6) is -6.22. The van der Waals surface area contributed by atoms with Crippen LogP contribution in [0.3, 0.4) is 0 Å². The fourth-order valence-electron chi connectivity index (χ4n) is 4.30. The molecule has 6 N–H and O–H groups in total. The highest BCUT2D eigenvalue weighted by atomic mass is 35.5. The molecular weight excluding hydrogens is 706 g/mol. The van der Waals surface area contributed by atoms with Crippen molar-refractivity contribution in [3.8, 4) is 11.6 Å². The number of nitrogens with zero attached hydrogens (tertiary/aromatic N) is 1. The standard InChI is InChI=1S/C30H23Cl5N4O7/c31-17-8-2-1-5-16(17)13-39-28(43)20(26(41)37-12-15-7-4-10-19(33)23(15)35)24(40)21(29(39)44)27(42)38-25(30(45)46)36-11-14-6-3-9-18(32)22(14)34/h1-10,25,36,40,43H,11-13H2,(H,37,41)(H,38,42)(H,45,46). The maximum atomic E-state index is 13.6. The number of benzene rings is 3. The van der Waals surface area contributed by atoms with Gasteiger partial charge in [-0.25, -0.2) is 4.79 Å². The fraction of sp³-hybridized carbons (Fsp3) is 0.133. The predicted molar refractivity (Wildman–Crippen MR) is 174 cm³/mol. The van der Waals surface area contributed by atoms with E-state index in [-0.39, 0.29) is 38.2 Å². The molecule has 46 heavy (non-hydrogen) atoms. The van der Waals surface area contributed by atoms with E-state index in [1.54, 1.807) is 36.4 Å². The third kappa shape index (κ3) is 7.69. The maximum absolute atomic E-state index is 13.6. The molecule has 1 unspecified atom stereocenters. The molecule has 0 fully saturated rings. The minimum absolute atomic E-state index is 0.146. The van der Waals surface area contributed by atoms with Crippen molar-refractivity contribution in [3.05, 3.63) is 124 Å². The Bertz CT molecular complexity index is 1900. The molecule has 0 bridgehead atoms. The van der Waals surface area contributed by atoms with Gasteiger partial charge in [-0.3, -0.25) is 24.3 Å². The molecule has 4 rings (SSSR count). The zero-order valence-corrected chi connectivity index (χ0v) is 27.1. The van der Waals surface area contributed by atoms with Crippen molar-refractivity contribution in [1.82, 2.24) is 20.5 Å². The Kier molecular flexibility index (Phi) is 11.4. The quantitative estimate of drug-likeness (QED) is 0.111. The molecule has 1 aromatic heterocycles. The number of rotatable bonds is 11. The summed E-state index contributed by atoms with van der Waals surface area (Å²) >= 11 is 30.7. The lowest BCUT2D eigenvalue weighted by atomic mass is 10.1. The van der Waals surface area contributed by atoms with E-state index in [1.807, 2.05) is 0 Å². The van der Waals surface area contributed by atoms with Gasteiger partial charge in [-0.05, 0) is 34.9 Å². The Morgan fingerprint density at radius 3 is 1.85 bits per heavy atom. The number of carbonyl (C=O) groups is 3. The zero-order valence-electron chi connectivity index (χ0n) is 23.3. The van der Waals surface area contributed by atoms with Crippen molar-refractivity contribution >= 4 is 75.8 Å². The molecule has 0 saturated carbocycles. The maximum Gasteiger partial charge on any atom is 0.341 e. The van der Waals surface area contributed by atoms with Crippen LogP contribution in [0.4, 0.5) is 0 Å². The van der Waals surface area contributed by atoms with Gasteiger partial charge in [0, 0.05) is 18.1 Å². The summed E-state index contributed by atoms with van der Waals surface area (Å²) in [4.78, 5) is 52.4. The van der Waals surface area contributed by atoms with E-state index >= 15 is 0 Å². The molecule has 0 aliphatic carbocycles. The van der Waals surface area contributed by atoms with Crippen LogP contribution in [0.1, 0.15) is 37.4 Å². The molecule has 0 aliphatic rings. The first-order valence-corrected chi connectivity index (χ1v) is 15.0. The van der Waals surface area contributed by atoms with Gasteiger partial charge >= 0.3 is 5.97 Å². The van der Waals surface area contributed by atoms with Gasteiger partial charge in [0.2, 0.25) is 5.88 Å². The van der Waals surface area contributed by atoms with E-state index in [4.69, 9.17) is 58.0 Å². The molecule has 0 radical (unpaired) electrons. The van der Waals surface area contributed by atoms with Crippen molar-refractivity contribution in [2.75, 3.05) is 0 Å². The van der Waals surface area contributed by atoms with E-state index in [0.717, 1.165) is 0 Å². The van der Waals surface area contributed by atoms with E-state index < -0.39 is 58.8 Å². The Hall–Kier alpha value is -3.97. The van der Waals surface area contributed by atoms with Crippen LogP contribution in [0.5, 0.6) is 11.6 Å². The minimum Gasteiger partial charge on any atom is -0.506 e. The lowest BCUT2D eigenvalue weighted by Gasteiger charge is -2.20. The molecule has 3 aromatic carbocycles. The number of hydrogen-bond donors (Lipinski definition) is 6. The van der Waals surface area contributed by atoms with Crippen molar-refractivity contribution in [1.29, 1.82) is 0 Å². The monoisotopic (exact) mass is 726 g/mol. The number of amides is 2. The van der Waals surface area contributed by atoms with Gasteiger partial charge in [0.15, 0.2) is 11.9 Å². The summed E-state index contributed by atoms with van der Waals surface area (Å²) in [5.41, 5.74) is -2.00. The lowest BCUT2D eigenvalue weighted by Crippen LogP contribution is -2.51. The summed E-state index contributed by atoms with van der Waals surface area (Å²) in [7, 11) is 0. The average Bonchev–Trinajstić information content (AvgIpc) is 3.00. The van der Waals surface area contributed by atoms with Gasteiger partial charge in [0.25, 0.3) is 17.4 Å². The number of nitrogens with one attached hydrogen (secondary N) is 3. The zero-order chi connectivity index (χ0) is 33.7. The summed E-state index contributed by atoms with van der Waals surface area (Å²) in [6, 6.07) is 15.7. The SMILES string of the molecule is O=C(NCc1cccc(Cl)c1Cl)c1c(O)c(C(=O)NC(NCc2cccc(Cl)c2Cl)C(=O)O)c(=O)n(Cc2ccccc2Cl)c1O. The summed E-state index contributed by atoms with van der Waals surface area (Å²) in [6.07, 6.45) is -1.81. The summed E-state index contributed by atoms with van der Waals surface area (Å²) < 4.78 is 0.645. The Balaban J connectivity index is 1.73. The highest BCUT2D eigenvalue weighted by Crippen LogP contribution is 2.31. The van der Waals surface area contributed by atoms with Crippen LogP contribution in [0.2, 0.25) is 25.1 Å². The molecule has 2 amide bonds. The summed E-state index contributed by atoms with van der Waals surface area (Å²) in [5, 5.41) is 40.0. The molecule has 16 heteroatoms. The Morgan fingerprint density at radius 1 is 0.717 bits per heavy atom. The summed E-state index contributed by atoms with van der Waals surface area (Å²) in [6.45, 7) is -0.826. The smallest absolute Gasteiger partial charge is 0.341 e. The number of carboxylic acid groups (broad SMARTS) is 1. The molecule has 0 saturated heterocycles. The number of carboxylic acids is 1. The van der Waals surface area contributed by atoms with Gasteiger partial charge in [-0.15, -0.1) is 0 Å². The molecule has 1 atom stereocenters. The number of aromatic hydroxyl groups is 2. The molecule has 1 heterocycles. The number of hydrogen-bond acceptors (Lipinski definition) is 7. The molecule has 4 aromatic rings. The lowest BCUT2D eigenvalue weighted by molar-refractivity contribution is -0.140. The number of carbonyl (C=O) groups excluding carboxylic acids is 2. The van der Waals surface area contributed by atoms with Crippen LogP contribution in [0.25, 0.3) is 0 Å². The van der Waals surface area contributed by atoms with Crippen LogP contribution >= 0.6 is 58.0 Å². The third-order valence-corrected chi connectivity index (χ3v) is 8.76. The normalized spacial score (nSPS) is 11.6. The molecular formula is C30H23Cl5N4O7. The van der Waals surface area contributed by atoms with Gasteiger partial charge in [-0.1, -0.05) is 100 Å². The fourth-order valence-corrected chi connectivity index (χ4v) is 5.27. The highest BCUT2D eigenvalue weighted by Gasteiger charge is 2.32. The van der Waals surface area contributed by atoms with Crippen molar-refractivity contribution in [3.63, 3.8) is 0 Å². The molecule has 0 aliphatic heterocycles. The largest absolute Gasteiger partial charge is 0.506 e. The highest BCUT2D eigenvalue weighted by molar-refractivity contribution is 6.43. The Morgan fingerprint density at radius 2 is 1.26 bits per heavy atom. The van der Waals surface area contributed by atoms with E-state index in [0.29, 0.717) is 21.3 Å². The number of halogens is 5. The van der Waals surface area contributed by atoms with Crippen LogP contribution in [0, 0.1) is 0 Å². The van der Waals surface area contributed by atoms with Crippen LogP contribution in [-0.2, 0) is 24.4 Å². The van der Waals surface area contributed by atoms with Crippen molar-refractivity contribution in [2.45, 2.75) is 25.8 Å². The second-order valence-electron chi connectivity index (χ2n) is 9.64. The van der Waals surface area contributed by atoms with Crippen molar-refractivity contribution < 1.29 is 29.7 Å². The predicted octanol–water partition coefficient (Wildman–Crippen LogP) is 5.44. The topological polar surface area (TPSA) is 170 Å². The first-order chi connectivity index (χ1) is 21.8. The number of pyridine rings is 1. The average molecular weight is 729 g/mol.